The molecule has 0 spiro atoms. The second-order valence-corrected chi connectivity index (χ2v) is 4.70. The van der Waals surface area contributed by atoms with Crippen LogP contribution >= 0.6 is 0 Å². The van der Waals surface area contributed by atoms with Crippen molar-refractivity contribution in [3.63, 3.8) is 0 Å². The summed E-state index contributed by atoms with van der Waals surface area (Å²) in [4.78, 5) is 13.3. The molecule has 0 radical (unpaired) electrons. The Balaban J connectivity index is 2.20. The quantitative estimate of drug-likeness (QED) is 0.862. The smallest absolute Gasteiger partial charge is 0.250 e. The molecule has 1 aromatic carbocycles. The summed E-state index contributed by atoms with van der Waals surface area (Å²) in [5, 5.41) is 7.76. The number of carbonyl (C=O) groups is 1. The Labute approximate surface area is 105 Å². The lowest BCUT2D eigenvalue weighted by atomic mass is 10.1. The van der Waals surface area contributed by atoms with Gasteiger partial charge in [0.1, 0.15) is 5.52 Å². The monoisotopic (exact) mass is 244 g/mol. The highest BCUT2D eigenvalue weighted by Crippen LogP contribution is 2.22. The maximum absolute atomic E-state index is 11.4. The molecule has 0 bridgehead atoms. The van der Waals surface area contributed by atoms with E-state index in [-0.39, 0.29) is 0 Å². The van der Waals surface area contributed by atoms with Crippen molar-refractivity contribution in [2.75, 3.05) is 18.1 Å². The summed E-state index contributed by atoms with van der Waals surface area (Å²) in [6.07, 6.45) is 2.39. The summed E-state index contributed by atoms with van der Waals surface area (Å²) in [5.41, 5.74) is 7.65. The summed E-state index contributed by atoms with van der Waals surface area (Å²) >= 11 is 0. The Morgan fingerprint density at radius 2 is 2.06 bits per heavy atom. The van der Waals surface area contributed by atoms with Crippen LogP contribution in [0.4, 0.5) is 0 Å². The molecule has 2 N–H and O–H groups in total. The van der Waals surface area contributed by atoms with Crippen LogP contribution in [0.1, 0.15) is 28.9 Å². The summed E-state index contributed by atoms with van der Waals surface area (Å²) < 4.78 is 0. The lowest BCUT2D eigenvalue weighted by molar-refractivity contribution is 0.100. The van der Waals surface area contributed by atoms with E-state index in [0.717, 1.165) is 24.2 Å². The van der Waals surface area contributed by atoms with Gasteiger partial charge < -0.3 is 5.73 Å². The molecule has 1 aromatic heterocycles. The number of amides is 1. The summed E-state index contributed by atoms with van der Waals surface area (Å²) in [6, 6.07) is 5.56. The van der Waals surface area contributed by atoms with Crippen LogP contribution in [0.3, 0.4) is 0 Å². The van der Waals surface area contributed by atoms with Crippen molar-refractivity contribution in [1.29, 1.82) is 0 Å². The van der Waals surface area contributed by atoms with Gasteiger partial charge in [-0.2, -0.15) is 9.89 Å². The van der Waals surface area contributed by atoms with Crippen LogP contribution in [0.2, 0.25) is 0 Å². The molecule has 0 aliphatic carbocycles. The van der Waals surface area contributed by atoms with E-state index in [1.54, 1.807) is 6.07 Å². The Kier molecular flexibility index (Phi) is 2.47. The molecule has 2 heterocycles. The molecular weight excluding hydrogens is 228 g/mol. The number of nitrogens with two attached hydrogens (primary N) is 1. The molecule has 5 heteroatoms. The fourth-order valence-corrected chi connectivity index (χ4v) is 2.58. The van der Waals surface area contributed by atoms with Gasteiger partial charge in [0.15, 0.2) is 0 Å². The molecule has 3 rings (SSSR count). The number of rotatable bonds is 2. The van der Waals surface area contributed by atoms with Crippen molar-refractivity contribution in [2.45, 2.75) is 19.8 Å². The zero-order chi connectivity index (χ0) is 12.7. The normalized spacial score (nSPS) is 15.5. The van der Waals surface area contributed by atoms with Crippen LogP contribution in [0.15, 0.2) is 18.2 Å². The highest BCUT2D eigenvalue weighted by Gasteiger charge is 2.19. The van der Waals surface area contributed by atoms with Crippen LogP contribution in [-0.2, 0) is 0 Å². The fourth-order valence-electron chi connectivity index (χ4n) is 2.58. The Bertz CT molecular complexity index is 611. The topological polar surface area (TPSA) is 64.2 Å². The van der Waals surface area contributed by atoms with Crippen molar-refractivity contribution in [3.05, 3.63) is 29.5 Å². The van der Waals surface area contributed by atoms with E-state index < -0.39 is 5.91 Å². The highest BCUT2D eigenvalue weighted by atomic mass is 16.1. The summed E-state index contributed by atoms with van der Waals surface area (Å²) in [5.74, 6) is -0.424. The number of hydrogen-bond acceptors (Lipinski definition) is 3. The third kappa shape index (κ3) is 1.54. The molecule has 1 amide bonds. The molecule has 0 atom stereocenters. The van der Waals surface area contributed by atoms with Gasteiger partial charge in [-0.25, -0.2) is 0 Å². The van der Waals surface area contributed by atoms with Gasteiger partial charge in [0.05, 0.1) is 11.3 Å². The highest BCUT2D eigenvalue weighted by molar-refractivity contribution is 6.05. The molecular formula is C13H16N4O. The zero-order valence-electron chi connectivity index (χ0n) is 10.4. The number of fused-ring (bicyclic) bond motifs is 1. The minimum absolute atomic E-state index is 0.424. The fraction of sp³-hybridized carbons (Fsp3) is 0.385. The maximum Gasteiger partial charge on any atom is 0.250 e. The molecule has 5 nitrogen and oxygen atoms in total. The molecule has 1 fully saturated rings. The molecule has 18 heavy (non-hydrogen) atoms. The largest absolute Gasteiger partial charge is 0.366 e. The van der Waals surface area contributed by atoms with E-state index in [1.807, 2.05) is 23.8 Å². The number of carbonyl (C=O) groups excluding carboxylic acids is 1. The second kappa shape index (κ2) is 4.01. The molecule has 1 aliphatic heterocycles. The predicted octanol–water partition coefficient (Wildman–Crippen LogP) is 1.18. The number of hydrogen-bond donors (Lipinski definition) is 1. The van der Waals surface area contributed by atoms with Crippen LogP contribution in [0.25, 0.3) is 10.9 Å². The van der Waals surface area contributed by atoms with Crippen molar-refractivity contribution < 1.29 is 4.79 Å². The Morgan fingerprint density at radius 3 is 2.72 bits per heavy atom. The van der Waals surface area contributed by atoms with Crippen molar-refractivity contribution in [3.8, 4) is 0 Å². The Morgan fingerprint density at radius 1 is 1.33 bits per heavy atom. The SMILES string of the molecule is Cc1c2cccc(C(N)=O)c2nn1N1CCCC1. The van der Waals surface area contributed by atoms with Crippen LogP contribution < -0.4 is 10.7 Å². The van der Waals surface area contributed by atoms with Crippen LogP contribution in [0, 0.1) is 6.92 Å². The lowest BCUT2D eigenvalue weighted by Gasteiger charge is -2.18. The molecule has 0 unspecified atom stereocenters. The first-order valence-corrected chi connectivity index (χ1v) is 6.22. The molecule has 1 saturated heterocycles. The summed E-state index contributed by atoms with van der Waals surface area (Å²) in [7, 11) is 0. The van der Waals surface area contributed by atoms with E-state index in [4.69, 9.17) is 5.73 Å². The van der Waals surface area contributed by atoms with Gasteiger partial charge in [0, 0.05) is 18.5 Å². The zero-order valence-corrected chi connectivity index (χ0v) is 10.4. The van der Waals surface area contributed by atoms with Gasteiger partial charge in [-0.1, -0.05) is 12.1 Å². The van der Waals surface area contributed by atoms with Crippen LogP contribution in [-0.4, -0.2) is 28.9 Å². The van der Waals surface area contributed by atoms with Crippen molar-refractivity contribution in [1.82, 2.24) is 9.89 Å². The number of aryl methyl sites for hydroxylation is 1. The van der Waals surface area contributed by atoms with Gasteiger partial charge in [0.2, 0.25) is 0 Å². The minimum Gasteiger partial charge on any atom is -0.366 e. The number of nitrogens with zero attached hydrogens (tertiary/aromatic N) is 3. The third-order valence-corrected chi connectivity index (χ3v) is 3.54. The first-order valence-electron chi connectivity index (χ1n) is 6.22. The van der Waals surface area contributed by atoms with Gasteiger partial charge in [-0.05, 0) is 25.8 Å². The van der Waals surface area contributed by atoms with E-state index >= 15 is 0 Å². The summed E-state index contributed by atoms with van der Waals surface area (Å²) in [6.45, 7) is 4.06. The average Bonchev–Trinajstić information content (AvgIpc) is 2.97. The van der Waals surface area contributed by atoms with Crippen molar-refractivity contribution in [2.24, 2.45) is 5.73 Å². The van der Waals surface area contributed by atoms with Gasteiger partial charge in [-0.3, -0.25) is 9.80 Å². The van der Waals surface area contributed by atoms with E-state index in [0.29, 0.717) is 11.1 Å². The average molecular weight is 244 g/mol. The molecule has 1 aliphatic rings. The van der Waals surface area contributed by atoms with Gasteiger partial charge in [0.25, 0.3) is 5.91 Å². The Hall–Kier alpha value is -2.04. The maximum atomic E-state index is 11.4. The molecule has 0 saturated carbocycles. The van der Waals surface area contributed by atoms with E-state index in [1.165, 1.54) is 12.8 Å². The van der Waals surface area contributed by atoms with Gasteiger partial charge in [-0.15, -0.1) is 0 Å². The predicted molar refractivity (Wildman–Crippen MR) is 70.2 cm³/mol. The standard InChI is InChI=1S/C13H16N4O/c1-9-10-5-4-6-11(13(14)18)12(10)15-17(9)16-7-2-3-8-16/h4-6H,2-3,7-8H2,1H3,(H2,14,18). The van der Waals surface area contributed by atoms with E-state index in [9.17, 15) is 4.79 Å². The molecule has 2 aromatic rings. The second-order valence-electron chi connectivity index (χ2n) is 4.70. The van der Waals surface area contributed by atoms with Gasteiger partial charge >= 0.3 is 0 Å². The molecule has 94 valence electrons. The first kappa shape index (κ1) is 11.1. The van der Waals surface area contributed by atoms with Crippen molar-refractivity contribution >= 4 is 16.8 Å². The number of primary amides is 1. The minimum atomic E-state index is -0.424. The number of aromatic nitrogens is 2. The third-order valence-electron chi connectivity index (χ3n) is 3.54. The van der Waals surface area contributed by atoms with Crippen LogP contribution in [0.5, 0.6) is 0 Å². The lowest BCUT2D eigenvalue weighted by Crippen LogP contribution is -2.33. The van der Waals surface area contributed by atoms with E-state index in [2.05, 4.69) is 10.1 Å². The number of benzene rings is 1. The first-order chi connectivity index (χ1) is 8.68.